The molecule has 166 valence electrons. The summed E-state index contributed by atoms with van der Waals surface area (Å²) >= 11 is 6.20. The lowest BCUT2D eigenvalue weighted by Gasteiger charge is -2.23. The molecule has 3 N–H and O–H groups in total. The van der Waals surface area contributed by atoms with Gasteiger partial charge in [-0.1, -0.05) is 17.7 Å². The van der Waals surface area contributed by atoms with Crippen LogP contribution < -0.4 is 14.8 Å². The van der Waals surface area contributed by atoms with Crippen molar-refractivity contribution >= 4 is 23.5 Å². The van der Waals surface area contributed by atoms with E-state index in [1.165, 1.54) is 12.8 Å². The Bertz CT molecular complexity index is 897. The lowest BCUT2D eigenvalue weighted by molar-refractivity contribution is -0.134. The molecule has 9 heteroatoms. The topological polar surface area (TPSA) is 118 Å². The number of halogens is 1. The highest BCUT2D eigenvalue weighted by Crippen LogP contribution is 2.34. The van der Waals surface area contributed by atoms with E-state index in [-0.39, 0.29) is 0 Å². The Balaban J connectivity index is 0.000000366. The van der Waals surface area contributed by atoms with Gasteiger partial charge < -0.3 is 25.0 Å². The Hall–Kier alpha value is -3.10. The van der Waals surface area contributed by atoms with Gasteiger partial charge in [-0.25, -0.2) is 14.6 Å². The number of nitrogens with one attached hydrogen (secondary N) is 1. The number of carboxylic acids is 2. The Kier molecular flexibility index (Phi) is 9.80. The maximum absolute atomic E-state index is 9.55. The van der Waals surface area contributed by atoms with E-state index >= 15 is 0 Å². The molecule has 1 saturated heterocycles. The van der Waals surface area contributed by atoms with Gasteiger partial charge in [0.2, 0.25) is 0 Å². The first kappa shape index (κ1) is 24.2. The first-order chi connectivity index (χ1) is 14.8. The van der Waals surface area contributed by atoms with Gasteiger partial charge in [0.05, 0.1) is 11.6 Å². The fourth-order valence-corrected chi connectivity index (χ4v) is 2.93. The van der Waals surface area contributed by atoms with Gasteiger partial charge in [-0.3, -0.25) is 0 Å². The van der Waals surface area contributed by atoms with Crippen molar-refractivity contribution in [1.29, 1.82) is 0 Å². The third-order valence-corrected chi connectivity index (χ3v) is 4.58. The number of piperidine rings is 1. The molecule has 1 fully saturated rings. The maximum Gasteiger partial charge on any atom is 0.328 e. The van der Waals surface area contributed by atoms with Crippen molar-refractivity contribution in [3.8, 4) is 17.4 Å². The quantitative estimate of drug-likeness (QED) is 0.545. The van der Waals surface area contributed by atoms with Crippen LogP contribution in [0.1, 0.15) is 18.4 Å². The van der Waals surface area contributed by atoms with Crippen LogP contribution in [0.5, 0.6) is 17.4 Å². The number of ether oxygens (including phenoxy) is 2. The maximum atomic E-state index is 9.55. The van der Waals surface area contributed by atoms with Crippen molar-refractivity contribution in [2.45, 2.75) is 19.8 Å². The Morgan fingerprint density at radius 3 is 2.61 bits per heavy atom. The summed E-state index contributed by atoms with van der Waals surface area (Å²) in [6, 6.07) is 9.39. The monoisotopic (exact) mass is 448 g/mol. The van der Waals surface area contributed by atoms with Gasteiger partial charge in [-0.05, 0) is 56.1 Å². The van der Waals surface area contributed by atoms with Crippen LogP contribution in [0.3, 0.4) is 0 Å². The lowest BCUT2D eigenvalue weighted by atomic mass is 10.0. The molecule has 3 rings (SSSR count). The highest BCUT2D eigenvalue weighted by molar-refractivity contribution is 6.32. The van der Waals surface area contributed by atoms with Crippen LogP contribution >= 0.6 is 11.6 Å². The van der Waals surface area contributed by atoms with Gasteiger partial charge in [0, 0.05) is 30.8 Å². The number of nitrogens with zero attached hydrogens (tertiary/aromatic N) is 1. The third-order valence-electron chi connectivity index (χ3n) is 4.27. The van der Waals surface area contributed by atoms with Crippen LogP contribution in [0.25, 0.3) is 0 Å². The molecule has 31 heavy (non-hydrogen) atoms. The molecule has 1 aromatic carbocycles. The van der Waals surface area contributed by atoms with Crippen molar-refractivity contribution in [2.75, 3.05) is 19.7 Å². The Morgan fingerprint density at radius 2 is 1.97 bits per heavy atom. The van der Waals surface area contributed by atoms with Gasteiger partial charge >= 0.3 is 11.9 Å². The Morgan fingerprint density at radius 1 is 1.23 bits per heavy atom. The molecule has 0 radical (unpaired) electrons. The van der Waals surface area contributed by atoms with Crippen LogP contribution in [0, 0.1) is 12.8 Å². The molecule has 1 atom stereocenters. The van der Waals surface area contributed by atoms with Gasteiger partial charge in [-0.2, -0.15) is 0 Å². The summed E-state index contributed by atoms with van der Waals surface area (Å²) in [5.74, 6) is -0.298. The summed E-state index contributed by atoms with van der Waals surface area (Å²) in [7, 11) is 0. The van der Waals surface area contributed by atoms with E-state index in [1.807, 2.05) is 37.3 Å². The van der Waals surface area contributed by atoms with Gasteiger partial charge in [0.25, 0.3) is 5.88 Å². The number of aryl methyl sites for hydroxylation is 1. The number of pyridine rings is 1. The summed E-state index contributed by atoms with van der Waals surface area (Å²) in [6.07, 6.45) is 5.19. The number of rotatable bonds is 7. The molecule has 0 saturated carbocycles. The molecule has 0 spiro atoms. The predicted molar refractivity (Wildman–Crippen MR) is 116 cm³/mol. The molecule has 2 heterocycles. The van der Waals surface area contributed by atoms with Crippen LogP contribution in [0.15, 0.2) is 48.7 Å². The zero-order valence-electron chi connectivity index (χ0n) is 17.1. The van der Waals surface area contributed by atoms with E-state index in [0.29, 0.717) is 47.1 Å². The summed E-state index contributed by atoms with van der Waals surface area (Å²) in [4.78, 5) is 23.4. The van der Waals surface area contributed by atoms with Crippen molar-refractivity contribution in [1.82, 2.24) is 10.3 Å². The molecule has 0 bridgehead atoms. The average Bonchev–Trinajstić information content (AvgIpc) is 2.75. The van der Waals surface area contributed by atoms with Crippen molar-refractivity contribution in [3.05, 3.63) is 59.3 Å². The van der Waals surface area contributed by atoms with Gasteiger partial charge in [-0.15, -0.1) is 0 Å². The van der Waals surface area contributed by atoms with E-state index in [4.69, 9.17) is 31.3 Å². The number of benzene rings is 1. The van der Waals surface area contributed by atoms with Crippen molar-refractivity contribution in [2.24, 2.45) is 5.92 Å². The smallest absolute Gasteiger partial charge is 0.328 e. The van der Waals surface area contributed by atoms with E-state index in [0.717, 1.165) is 18.7 Å². The molecule has 0 aliphatic carbocycles. The molecule has 1 aliphatic heterocycles. The molecule has 0 unspecified atom stereocenters. The van der Waals surface area contributed by atoms with Crippen molar-refractivity contribution < 1.29 is 29.3 Å². The zero-order chi connectivity index (χ0) is 22.6. The molecule has 1 aromatic heterocycles. The molecule has 2 aromatic rings. The normalized spacial score (nSPS) is 15.6. The number of aliphatic carboxylic acids is 2. The number of carbonyl (C=O) groups is 2. The minimum atomic E-state index is -1.26. The molecule has 1 aliphatic rings. The largest absolute Gasteiger partial charge is 0.488 e. The average molecular weight is 449 g/mol. The number of hydrogen-bond acceptors (Lipinski definition) is 6. The summed E-state index contributed by atoms with van der Waals surface area (Å²) < 4.78 is 11.8. The van der Waals surface area contributed by atoms with Gasteiger partial charge in [0.1, 0.15) is 5.75 Å². The van der Waals surface area contributed by atoms with Crippen LogP contribution in [0.4, 0.5) is 0 Å². The first-order valence-electron chi connectivity index (χ1n) is 9.71. The van der Waals surface area contributed by atoms with E-state index in [1.54, 1.807) is 6.20 Å². The van der Waals surface area contributed by atoms with Crippen LogP contribution in [-0.4, -0.2) is 46.8 Å². The minimum Gasteiger partial charge on any atom is -0.488 e. The highest BCUT2D eigenvalue weighted by Gasteiger charge is 2.16. The molecular weight excluding hydrogens is 424 g/mol. The standard InChI is InChI=1S/C18H21ClN2O2.C4H4O4/c1-13-6-7-15(19)17(10-13)23-18-16(5-3-9-21-18)22-12-14-4-2-8-20-11-14;5-3(6)1-2-4(7)8/h3,5-7,9-10,14,20H,2,4,8,11-12H2,1H3;1-2H,(H,5,6)(H,7,8)/b;2-1+/t14-;/m0./s1. The Labute approximate surface area is 185 Å². The number of carboxylic acid groups (broad SMARTS) is 2. The highest BCUT2D eigenvalue weighted by atomic mass is 35.5. The molecule has 0 amide bonds. The second kappa shape index (κ2) is 12.6. The second-order valence-corrected chi connectivity index (χ2v) is 7.28. The van der Waals surface area contributed by atoms with Gasteiger partial charge in [0.15, 0.2) is 5.75 Å². The molecular formula is C22H25ClN2O6. The minimum absolute atomic E-state index is 0.448. The lowest BCUT2D eigenvalue weighted by Crippen LogP contribution is -2.33. The fourth-order valence-electron chi connectivity index (χ4n) is 2.77. The second-order valence-electron chi connectivity index (χ2n) is 6.88. The van der Waals surface area contributed by atoms with Crippen LogP contribution in [0.2, 0.25) is 5.02 Å². The number of aromatic nitrogens is 1. The SMILES string of the molecule is Cc1ccc(Cl)c(Oc2ncccc2OC[C@H]2CCCNC2)c1.O=C(O)/C=C/C(=O)O. The summed E-state index contributed by atoms with van der Waals surface area (Å²) in [5, 5.41) is 19.6. The predicted octanol–water partition coefficient (Wildman–Crippen LogP) is 3.93. The fraction of sp³-hybridized carbons (Fsp3) is 0.318. The molecule has 8 nitrogen and oxygen atoms in total. The zero-order valence-corrected chi connectivity index (χ0v) is 17.8. The van der Waals surface area contributed by atoms with E-state index in [2.05, 4.69) is 10.3 Å². The number of hydrogen-bond donors (Lipinski definition) is 3. The van der Waals surface area contributed by atoms with Crippen LogP contribution in [-0.2, 0) is 9.59 Å². The van der Waals surface area contributed by atoms with Crippen molar-refractivity contribution in [3.63, 3.8) is 0 Å². The third kappa shape index (κ3) is 9.06. The van der Waals surface area contributed by atoms with E-state index < -0.39 is 11.9 Å². The van der Waals surface area contributed by atoms with E-state index in [9.17, 15) is 9.59 Å². The summed E-state index contributed by atoms with van der Waals surface area (Å²) in [6.45, 7) is 4.76. The summed E-state index contributed by atoms with van der Waals surface area (Å²) in [5.41, 5.74) is 1.08. The first-order valence-corrected chi connectivity index (χ1v) is 10.1.